The molecule has 1 aliphatic rings. The summed E-state index contributed by atoms with van der Waals surface area (Å²) >= 11 is 0. The van der Waals surface area contributed by atoms with Crippen LogP contribution in [0.5, 0.6) is 5.75 Å². The van der Waals surface area contributed by atoms with Crippen LogP contribution in [-0.2, 0) is 0 Å². The van der Waals surface area contributed by atoms with Gasteiger partial charge in [-0.25, -0.2) is 0 Å². The quantitative estimate of drug-likeness (QED) is 0.432. The Morgan fingerprint density at radius 3 is 2.20 bits per heavy atom. The molecule has 7 nitrogen and oxygen atoms in total. The molecule has 30 heavy (non-hydrogen) atoms. The van der Waals surface area contributed by atoms with Gasteiger partial charge < -0.3 is 10.5 Å². The largest absolute Gasteiger partial charge is 0.494 e. The first kappa shape index (κ1) is 21.6. The molecule has 1 aromatic carbocycles. The predicted octanol–water partition coefficient (Wildman–Crippen LogP) is 3.82. The zero-order valence-corrected chi connectivity index (χ0v) is 17.4. The molecule has 0 fully saturated rings. The van der Waals surface area contributed by atoms with Crippen molar-refractivity contribution in [3.8, 4) is 11.4 Å². The first-order valence-corrected chi connectivity index (χ1v) is 10.7. The lowest BCUT2D eigenvalue weighted by atomic mass is 10.1. The number of hydrogen-bond donors (Lipinski definition) is 2. The van der Waals surface area contributed by atoms with Gasteiger partial charge in [-0.3, -0.25) is 24.3 Å². The SMILES string of the molecule is CCCCCCCCCCOc1ccc(-n2c(N)c3c(cc2=O)C(=O)NC3=O)cc1. The second-order valence-corrected chi connectivity index (χ2v) is 7.59. The highest BCUT2D eigenvalue weighted by Crippen LogP contribution is 2.24. The summed E-state index contributed by atoms with van der Waals surface area (Å²) in [5.74, 6) is -0.530. The van der Waals surface area contributed by atoms with E-state index in [0.717, 1.165) is 18.9 Å². The molecule has 0 saturated carbocycles. The fourth-order valence-corrected chi connectivity index (χ4v) is 3.66. The number of nitrogen functional groups attached to an aromatic ring is 1. The van der Waals surface area contributed by atoms with Crippen molar-refractivity contribution in [1.29, 1.82) is 0 Å². The third-order valence-electron chi connectivity index (χ3n) is 5.31. The Labute approximate surface area is 176 Å². The number of imide groups is 1. The maximum Gasteiger partial charge on any atom is 0.262 e. The van der Waals surface area contributed by atoms with Crippen molar-refractivity contribution in [2.75, 3.05) is 12.3 Å². The lowest BCUT2D eigenvalue weighted by Gasteiger charge is -2.13. The van der Waals surface area contributed by atoms with Crippen LogP contribution in [0.25, 0.3) is 5.69 Å². The fourth-order valence-electron chi connectivity index (χ4n) is 3.66. The standard InChI is InChI=1S/C23H29N3O4/c1-2-3-4-5-6-7-8-9-14-30-17-12-10-16(11-13-17)26-19(27)15-18-20(21(26)24)23(29)25-22(18)28/h10-13,15H,2-9,14,24H2,1H3,(H,25,28,29). The van der Waals surface area contributed by atoms with Crippen molar-refractivity contribution < 1.29 is 14.3 Å². The zero-order valence-electron chi connectivity index (χ0n) is 17.4. The van der Waals surface area contributed by atoms with E-state index in [-0.39, 0.29) is 16.9 Å². The van der Waals surface area contributed by atoms with Crippen LogP contribution in [0.3, 0.4) is 0 Å². The summed E-state index contributed by atoms with van der Waals surface area (Å²) < 4.78 is 7.00. The normalized spacial score (nSPS) is 12.7. The number of carbonyl (C=O) groups excluding carboxylic acids is 2. The molecule has 1 aliphatic heterocycles. The van der Waals surface area contributed by atoms with E-state index in [1.165, 1.54) is 43.1 Å². The van der Waals surface area contributed by atoms with Crippen molar-refractivity contribution in [3.05, 3.63) is 51.8 Å². The lowest BCUT2D eigenvalue weighted by Crippen LogP contribution is -2.24. The van der Waals surface area contributed by atoms with Crippen molar-refractivity contribution in [2.24, 2.45) is 0 Å². The Hall–Kier alpha value is -3.09. The monoisotopic (exact) mass is 411 g/mol. The van der Waals surface area contributed by atoms with Crippen LogP contribution < -0.4 is 21.3 Å². The van der Waals surface area contributed by atoms with E-state index in [4.69, 9.17) is 10.5 Å². The number of rotatable bonds is 11. The Bertz CT molecular complexity index is 964. The van der Waals surface area contributed by atoms with Gasteiger partial charge in [0.15, 0.2) is 0 Å². The molecule has 2 heterocycles. The van der Waals surface area contributed by atoms with Crippen molar-refractivity contribution in [3.63, 3.8) is 0 Å². The highest BCUT2D eigenvalue weighted by atomic mass is 16.5. The summed E-state index contributed by atoms with van der Waals surface area (Å²) in [6, 6.07) is 8.09. The molecule has 2 amide bonds. The summed E-state index contributed by atoms with van der Waals surface area (Å²) in [4.78, 5) is 36.2. The number of nitrogens with one attached hydrogen (secondary N) is 1. The second-order valence-electron chi connectivity index (χ2n) is 7.59. The molecule has 0 atom stereocenters. The molecule has 3 rings (SSSR count). The number of hydrogen-bond acceptors (Lipinski definition) is 5. The first-order valence-electron chi connectivity index (χ1n) is 10.7. The molecule has 0 aliphatic carbocycles. The van der Waals surface area contributed by atoms with Crippen LogP contribution in [0.4, 0.5) is 5.82 Å². The number of aromatic nitrogens is 1. The lowest BCUT2D eigenvalue weighted by molar-refractivity contribution is 0.0880. The third kappa shape index (κ3) is 4.90. The van der Waals surface area contributed by atoms with Gasteiger partial charge in [0, 0.05) is 6.07 Å². The van der Waals surface area contributed by atoms with Gasteiger partial charge >= 0.3 is 0 Å². The number of amides is 2. The molecule has 0 bridgehead atoms. The topological polar surface area (TPSA) is 103 Å². The summed E-state index contributed by atoms with van der Waals surface area (Å²) in [6.07, 6.45) is 9.94. The van der Waals surface area contributed by atoms with Crippen molar-refractivity contribution in [2.45, 2.75) is 58.3 Å². The average Bonchev–Trinajstić information content (AvgIpc) is 3.01. The molecule has 0 unspecified atom stereocenters. The van der Waals surface area contributed by atoms with Gasteiger partial charge in [0.05, 0.1) is 23.4 Å². The van der Waals surface area contributed by atoms with E-state index in [1.807, 2.05) is 0 Å². The molecule has 0 radical (unpaired) electrons. The number of fused-ring (bicyclic) bond motifs is 1. The molecule has 0 spiro atoms. The number of benzene rings is 1. The number of pyridine rings is 1. The van der Waals surface area contributed by atoms with E-state index in [1.54, 1.807) is 24.3 Å². The predicted molar refractivity (Wildman–Crippen MR) is 116 cm³/mol. The van der Waals surface area contributed by atoms with Gasteiger partial charge in [-0.1, -0.05) is 51.9 Å². The minimum Gasteiger partial charge on any atom is -0.494 e. The van der Waals surface area contributed by atoms with Crippen LogP contribution >= 0.6 is 0 Å². The maximum absolute atomic E-state index is 12.5. The highest BCUT2D eigenvalue weighted by Gasteiger charge is 2.31. The maximum atomic E-state index is 12.5. The minimum atomic E-state index is -0.601. The smallest absolute Gasteiger partial charge is 0.262 e. The molecule has 1 aromatic heterocycles. The van der Waals surface area contributed by atoms with Gasteiger partial charge in [-0.2, -0.15) is 0 Å². The molecule has 160 valence electrons. The second kappa shape index (κ2) is 10.1. The van der Waals surface area contributed by atoms with Gasteiger partial charge in [0.2, 0.25) is 0 Å². The summed E-state index contributed by atoms with van der Waals surface area (Å²) in [5, 5.41) is 2.16. The van der Waals surface area contributed by atoms with E-state index < -0.39 is 17.4 Å². The number of nitrogens with two attached hydrogens (primary N) is 1. The molecule has 2 aromatic rings. The summed E-state index contributed by atoms with van der Waals surface area (Å²) in [6.45, 7) is 2.88. The van der Waals surface area contributed by atoms with Crippen LogP contribution in [0, 0.1) is 0 Å². The first-order chi connectivity index (χ1) is 14.5. The average molecular weight is 412 g/mol. The van der Waals surface area contributed by atoms with E-state index in [2.05, 4.69) is 12.2 Å². The Balaban J connectivity index is 1.56. The van der Waals surface area contributed by atoms with E-state index in [9.17, 15) is 14.4 Å². The van der Waals surface area contributed by atoms with Gasteiger partial charge in [0.25, 0.3) is 17.4 Å². The molecular weight excluding hydrogens is 382 g/mol. The molecule has 0 saturated heterocycles. The molecule has 3 N–H and O–H groups in total. The Morgan fingerprint density at radius 1 is 0.900 bits per heavy atom. The zero-order chi connectivity index (χ0) is 21.5. The van der Waals surface area contributed by atoms with Gasteiger partial charge in [-0.05, 0) is 30.7 Å². The Morgan fingerprint density at radius 2 is 1.53 bits per heavy atom. The fraction of sp³-hybridized carbons (Fsp3) is 0.435. The van der Waals surface area contributed by atoms with Crippen LogP contribution in [0.1, 0.15) is 79.0 Å². The molecular formula is C23H29N3O4. The van der Waals surface area contributed by atoms with E-state index in [0.29, 0.717) is 18.0 Å². The number of nitrogens with zero attached hydrogens (tertiary/aromatic N) is 1. The van der Waals surface area contributed by atoms with Crippen molar-refractivity contribution >= 4 is 17.6 Å². The van der Waals surface area contributed by atoms with E-state index >= 15 is 0 Å². The number of anilines is 1. The minimum absolute atomic E-state index is 0.0177. The number of unbranched alkanes of at least 4 members (excludes halogenated alkanes) is 7. The molecule has 7 heteroatoms. The summed E-state index contributed by atoms with van der Waals surface area (Å²) in [5.41, 5.74) is 6.13. The van der Waals surface area contributed by atoms with Crippen LogP contribution in [0.2, 0.25) is 0 Å². The van der Waals surface area contributed by atoms with Gasteiger partial charge in [-0.15, -0.1) is 0 Å². The number of carbonyl (C=O) groups is 2. The van der Waals surface area contributed by atoms with Crippen molar-refractivity contribution in [1.82, 2.24) is 9.88 Å². The summed E-state index contributed by atoms with van der Waals surface area (Å²) in [7, 11) is 0. The van der Waals surface area contributed by atoms with Crippen LogP contribution in [-0.4, -0.2) is 23.0 Å². The van der Waals surface area contributed by atoms with Gasteiger partial charge in [0.1, 0.15) is 11.6 Å². The van der Waals surface area contributed by atoms with Crippen LogP contribution in [0.15, 0.2) is 35.1 Å². The number of ether oxygens (including phenoxy) is 1. The third-order valence-corrected chi connectivity index (χ3v) is 5.31. The Kier molecular flexibility index (Phi) is 7.27. The highest BCUT2D eigenvalue weighted by molar-refractivity contribution is 6.23.